The van der Waals surface area contributed by atoms with Crippen molar-refractivity contribution in [2.75, 3.05) is 12.5 Å². The Morgan fingerprint density at radius 1 is 1.16 bits per heavy atom. The molecule has 2 rings (SSSR count). The molecule has 0 amide bonds. The number of hydrogen-bond acceptors (Lipinski definition) is 3. The molecule has 0 aliphatic heterocycles. The molecular weight excluding hydrogens is 260 g/mol. The number of para-hydroxylation sites is 1. The molecular formula is C15H15ClN2O. The highest BCUT2D eigenvalue weighted by molar-refractivity contribution is 6.30. The van der Waals surface area contributed by atoms with E-state index in [2.05, 4.69) is 10.5 Å². The zero-order valence-electron chi connectivity index (χ0n) is 10.9. The van der Waals surface area contributed by atoms with E-state index in [0.29, 0.717) is 5.02 Å². The number of halogens is 1. The molecule has 0 spiro atoms. The summed E-state index contributed by atoms with van der Waals surface area (Å²) in [5.74, 6) is 0.802. The second-order valence-corrected chi connectivity index (χ2v) is 4.46. The molecule has 19 heavy (non-hydrogen) atoms. The van der Waals surface area contributed by atoms with Crippen molar-refractivity contribution in [1.29, 1.82) is 0 Å². The highest BCUT2D eigenvalue weighted by atomic mass is 35.5. The van der Waals surface area contributed by atoms with Crippen LogP contribution in [-0.2, 0) is 0 Å². The van der Waals surface area contributed by atoms with E-state index in [9.17, 15) is 0 Å². The molecule has 0 aliphatic rings. The summed E-state index contributed by atoms with van der Waals surface area (Å²) >= 11 is 5.92. The Labute approximate surface area is 117 Å². The lowest BCUT2D eigenvalue weighted by Crippen LogP contribution is -2.02. The van der Waals surface area contributed by atoms with Crippen molar-refractivity contribution in [3.63, 3.8) is 0 Å². The van der Waals surface area contributed by atoms with Crippen molar-refractivity contribution in [1.82, 2.24) is 0 Å². The zero-order valence-corrected chi connectivity index (χ0v) is 11.6. The fourth-order valence-electron chi connectivity index (χ4n) is 1.71. The lowest BCUT2D eigenvalue weighted by molar-refractivity contribution is 0.414. The van der Waals surface area contributed by atoms with Crippen LogP contribution < -0.4 is 10.2 Å². The van der Waals surface area contributed by atoms with Crippen LogP contribution in [0.3, 0.4) is 0 Å². The molecule has 0 aliphatic carbocycles. The minimum absolute atomic E-state index is 0.676. The van der Waals surface area contributed by atoms with Gasteiger partial charge in [-0.2, -0.15) is 5.10 Å². The summed E-state index contributed by atoms with van der Waals surface area (Å²) in [5, 5.41) is 5.02. The molecule has 0 atom stereocenters. The molecule has 1 N–H and O–H groups in total. The SMILES string of the molecule is COc1ccccc1/C(C)=N\Nc1cccc(Cl)c1. The minimum atomic E-state index is 0.676. The summed E-state index contributed by atoms with van der Waals surface area (Å²) in [6.07, 6.45) is 0. The van der Waals surface area contributed by atoms with Gasteiger partial charge in [-0.15, -0.1) is 0 Å². The number of nitrogens with zero attached hydrogens (tertiary/aromatic N) is 1. The third kappa shape index (κ3) is 3.48. The minimum Gasteiger partial charge on any atom is -0.496 e. The number of anilines is 1. The van der Waals surface area contributed by atoms with Crippen LogP contribution >= 0.6 is 11.6 Å². The van der Waals surface area contributed by atoms with E-state index in [0.717, 1.165) is 22.7 Å². The first kappa shape index (κ1) is 13.4. The standard InChI is InChI=1S/C15H15ClN2O/c1-11(14-8-3-4-9-15(14)19-2)17-18-13-7-5-6-12(16)10-13/h3-10,18H,1-2H3/b17-11-. The summed E-state index contributed by atoms with van der Waals surface area (Å²) < 4.78 is 5.31. The van der Waals surface area contributed by atoms with Gasteiger partial charge in [-0.1, -0.05) is 29.8 Å². The van der Waals surface area contributed by atoms with E-state index in [1.165, 1.54) is 0 Å². The highest BCUT2D eigenvalue weighted by Crippen LogP contribution is 2.19. The van der Waals surface area contributed by atoms with Crippen molar-refractivity contribution in [3.8, 4) is 5.75 Å². The third-order valence-corrected chi connectivity index (χ3v) is 2.91. The number of hydrazone groups is 1. The number of rotatable bonds is 4. The van der Waals surface area contributed by atoms with Crippen LogP contribution in [0.1, 0.15) is 12.5 Å². The van der Waals surface area contributed by atoms with E-state index >= 15 is 0 Å². The van der Waals surface area contributed by atoms with E-state index in [4.69, 9.17) is 16.3 Å². The average molecular weight is 275 g/mol. The third-order valence-electron chi connectivity index (χ3n) is 2.67. The molecule has 98 valence electrons. The Bertz CT molecular complexity index is 596. The van der Waals surface area contributed by atoms with Gasteiger partial charge in [-0.25, -0.2) is 0 Å². The molecule has 0 radical (unpaired) electrons. The normalized spacial score (nSPS) is 11.2. The van der Waals surface area contributed by atoms with Crippen LogP contribution in [-0.4, -0.2) is 12.8 Å². The lowest BCUT2D eigenvalue weighted by Gasteiger charge is -2.08. The molecule has 0 saturated heterocycles. The summed E-state index contributed by atoms with van der Waals surface area (Å²) in [7, 11) is 1.65. The maximum atomic E-state index is 5.92. The number of nitrogens with one attached hydrogen (secondary N) is 1. The van der Waals surface area contributed by atoms with Crippen LogP contribution in [0.4, 0.5) is 5.69 Å². The van der Waals surface area contributed by atoms with Gasteiger partial charge in [0.2, 0.25) is 0 Å². The Hall–Kier alpha value is -2.00. The number of ether oxygens (including phenoxy) is 1. The Balaban J connectivity index is 2.19. The molecule has 3 nitrogen and oxygen atoms in total. The number of hydrogen-bond donors (Lipinski definition) is 1. The smallest absolute Gasteiger partial charge is 0.127 e. The van der Waals surface area contributed by atoms with Gasteiger partial charge in [0.05, 0.1) is 18.5 Å². The van der Waals surface area contributed by atoms with Crippen molar-refractivity contribution in [3.05, 3.63) is 59.1 Å². The van der Waals surface area contributed by atoms with Crippen LogP contribution in [0, 0.1) is 0 Å². The Morgan fingerprint density at radius 2 is 1.95 bits per heavy atom. The molecule has 0 fully saturated rings. The van der Waals surface area contributed by atoms with Crippen LogP contribution in [0.5, 0.6) is 5.75 Å². The van der Waals surface area contributed by atoms with E-state index < -0.39 is 0 Å². The number of methoxy groups -OCH3 is 1. The van der Waals surface area contributed by atoms with Crippen molar-refractivity contribution >= 4 is 23.0 Å². The molecule has 4 heteroatoms. The maximum Gasteiger partial charge on any atom is 0.127 e. The summed E-state index contributed by atoms with van der Waals surface area (Å²) in [5.41, 5.74) is 5.63. The topological polar surface area (TPSA) is 33.6 Å². The fourth-order valence-corrected chi connectivity index (χ4v) is 1.90. The van der Waals surface area contributed by atoms with Gasteiger partial charge in [0.15, 0.2) is 0 Å². The van der Waals surface area contributed by atoms with Gasteiger partial charge in [0.25, 0.3) is 0 Å². The van der Waals surface area contributed by atoms with Gasteiger partial charge in [-0.3, -0.25) is 5.43 Å². The molecule has 0 unspecified atom stereocenters. The number of benzene rings is 2. The second-order valence-electron chi connectivity index (χ2n) is 4.02. The van der Waals surface area contributed by atoms with E-state index in [1.54, 1.807) is 7.11 Å². The molecule has 2 aromatic carbocycles. The van der Waals surface area contributed by atoms with E-state index in [-0.39, 0.29) is 0 Å². The van der Waals surface area contributed by atoms with Crippen molar-refractivity contribution < 1.29 is 4.74 Å². The Kier molecular flexibility index (Phi) is 4.42. The first-order valence-corrected chi connectivity index (χ1v) is 6.28. The monoisotopic (exact) mass is 274 g/mol. The van der Waals surface area contributed by atoms with Gasteiger partial charge in [0.1, 0.15) is 5.75 Å². The zero-order chi connectivity index (χ0) is 13.7. The fraction of sp³-hybridized carbons (Fsp3) is 0.133. The van der Waals surface area contributed by atoms with Crippen molar-refractivity contribution in [2.45, 2.75) is 6.92 Å². The average Bonchev–Trinajstić information content (AvgIpc) is 2.45. The largest absolute Gasteiger partial charge is 0.496 e. The van der Waals surface area contributed by atoms with Gasteiger partial charge >= 0.3 is 0 Å². The van der Waals surface area contributed by atoms with Crippen molar-refractivity contribution in [2.24, 2.45) is 5.10 Å². The van der Waals surface area contributed by atoms with Crippen LogP contribution in [0.2, 0.25) is 5.02 Å². The van der Waals surface area contributed by atoms with E-state index in [1.807, 2.05) is 55.5 Å². The van der Waals surface area contributed by atoms with Gasteiger partial charge < -0.3 is 4.74 Å². The summed E-state index contributed by atoms with van der Waals surface area (Å²) in [4.78, 5) is 0. The lowest BCUT2D eigenvalue weighted by atomic mass is 10.1. The predicted octanol–water partition coefficient (Wildman–Crippen LogP) is 4.18. The predicted molar refractivity (Wildman–Crippen MR) is 80.3 cm³/mol. The summed E-state index contributed by atoms with van der Waals surface area (Å²) in [6, 6.07) is 15.2. The molecule has 0 heterocycles. The molecule has 0 saturated carbocycles. The quantitative estimate of drug-likeness (QED) is 0.670. The van der Waals surface area contributed by atoms with Gasteiger partial charge in [-0.05, 0) is 37.3 Å². The maximum absolute atomic E-state index is 5.92. The van der Waals surface area contributed by atoms with Crippen LogP contribution in [0.25, 0.3) is 0 Å². The molecule has 0 aromatic heterocycles. The van der Waals surface area contributed by atoms with Gasteiger partial charge in [0, 0.05) is 10.6 Å². The molecule has 2 aromatic rings. The summed E-state index contributed by atoms with van der Waals surface area (Å²) in [6.45, 7) is 1.93. The Morgan fingerprint density at radius 3 is 2.68 bits per heavy atom. The van der Waals surface area contributed by atoms with Crippen LogP contribution in [0.15, 0.2) is 53.6 Å². The molecule has 0 bridgehead atoms. The first-order valence-electron chi connectivity index (χ1n) is 5.90. The highest BCUT2D eigenvalue weighted by Gasteiger charge is 2.04. The first-order chi connectivity index (χ1) is 9.20. The second kappa shape index (κ2) is 6.25.